The summed E-state index contributed by atoms with van der Waals surface area (Å²) < 4.78 is 11.5. The molecule has 0 unspecified atom stereocenters. The van der Waals surface area contributed by atoms with Crippen LogP contribution in [0.3, 0.4) is 0 Å². The molecule has 3 heterocycles. The van der Waals surface area contributed by atoms with Crippen LogP contribution < -0.4 is 0 Å². The Kier molecular flexibility index (Phi) is 3.72. The normalized spacial score (nSPS) is 32.6. The molecule has 0 aliphatic carbocycles. The zero-order chi connectivity index (χ0) is 17.8. The monoisotopic (exact) mass is 341 g/mol. The zero-order valence-corrected chi connectivity index (χ0v) is 14.8. The standard InChI is InChI=1S/C20H23NO4/c1-12(2)24-19(23)16-15-8-9-20(25-15)11-21(18(22)17(16)20)10-14-6-4-13(3)5-7-14/h4-9,12,15-17H,10-11H2,1-3H3/t15-,16-,17-,20-/m1/s1. The first-order valence-corrected chi connectivity index (χ1v) is 8.82. The highest BCUT2D eigenvalue weighted by molar-refractivity contribution is 5.91. The first-order valence-electron chi connectivity index (χ1n) is 8.82. The summed E-state index contributed by atoms with van der Waals surface area (Å²) in [7, 11) is 0. The van der Waals surface area contributed by atoms with Gasteiger partial charge in [-0.2, -0.15) is 0 Å². The van der Waals surface area contributed by atoms with Gasteiger partial charge in [0, 0.05) is 6.54 Å². The Labute approximate surface area is 147 Å². The summed E-state index contributed by atoms with van der Waals surface area (Å²) in [6.45, 7) is 6.69. The molecule has 1 aromatic rings. The second-order valence-electron chi connectivity index (χ2n) is 7.57. The third-order valence-corrected chi connectivity index (χ3v) is 5.30. The smallest absolute Gasteiger partial charge is 0.313 e. The third-order valence-electron chi connectivity index (χ3n) is 5.30. The summed E-state index contributed by atoms with van der Waals surface area (Å²) in [4.78, 5) is 27.4. The zero-order valence-electron chi connectivity index (χ0n) is 14.8. The molecule has 25 heavy (non-hydrogen) atoms. The quantitative estimate of drug-likeness (QED) is 0.622. The van der Waals surface area contributed by atoms with Crippen LogP contribution in [0.4, 0.5) is 0 Å². The van der Waals surface area contributed by atoms with Crippen molar-refractivity contribution < 1.29 is 19.1 Å². The molecular weight excluding hydrogens is 318 g/mol. The summed E-state index contributed by atoms with van der Waals surface area (Å²) in [6, 6.07) is 8.15. The predicted molar refractivity (Wildman–Crippen MR) is 91.5 cm³/mol. The molecule has 3 aliphatic rings. The highest BCUT2D eigenvalue weighted by atomic mass is 16.6. The second kappa shape index (κ2) is 5.70. The van der Waals surface area contributed by atoms with E-state index < -0.39 is 17.4 Å². The van der Waals surface area contributed by atoms with Crippen LogP contribution in [-0.2, 0) is 25.6 Å². The number of esters is 1. The van der Waals surface area contributed by atoms with E-state index in [0.717, 1.165) is 5.56 Å². The van der Waals surface area contributed by atoms with Gasteiger partial charge in [-0.1, -0.05) is 42.0 Å². The lowest BCUT2D eigenvalue weighted by Crippen LogP contribution is -2.40. The van der Waals surface area contributed by atoms with Crippen LogP contribution in [0.25, 0.3) is 0 Å². The minimum atomic E-state index is -0.673. The van der Waals surface area contributed by atoms with Gasteiger partial charge in [0.1, 0.15) is 11.5 Å². The van der Waals surface area contributed by atoms with E-state index in [-0.39, 0.29) is 24.1 Å². The Hall–Kier alpha value is -2.14. The van der Waals surface area contributed by atoms with Gasteiger partial charge in [-0.05, 0) is 26.3 Å². The van der Waals surface area contributed by atoms with Gasteiger partial charge >= 0.3 is 5.97 Å². The molecule has 132 valence electrons. The molecule has 2 fully saturated rings. The fraction of sp³-hybridized carbons (Fsp3) is 0.500. The Balaban J connectivity index is 1.57. The van der Waals surface area contributed by atoms with Crippen LogP contribution in [0, 0.1) is 18.8 Å². The fourth-order valence-corrected chi connectivity index (χ4v) is 4.21. The molecule has 3 aliphatic heterocycles. The first kappa shape index (κ1) is 16.3. The van der Waals surface area contributed by atoms with Crippen LogP contribution in [-0.4, -0.2) is 41.1 Å². The average molecular weight is 341 g/mol. The predicted octanol–water partition coefficient (Wildman–Crippen LogP) is 2.23. The number of benzene rings is 1. The van der Waals surface area contributed by atoms with Crippen molar-refractivity contribution in [3.05, 3.63) is 47.5 Å². The molecule has 0 radical (unpaired) electrons. The molecule has 1 spiro atoms. The molecule has 0 N–H and O–H groups in total. The highest BCUT2D eigenvalue weighted by Crippen LogP contribution is 2.52. The van der Waals surface area contributed by atoms with E-state index in [9.17, 15) is 9.59 Å². The number of rotatable bonds is 4. The largest absolute Gasteiger partial charge is 0.463 e. The second-order valence-corrected chi connectivity index (χ2v) is 7.57. The number of ether oxygens (including phenoxy) is 2. The van der Waals surface area contributed by atoms with Gasteiger partial charge in [0.15, 0.2) is 0 Å². The van der Waals surface area contributed by atoms with Crippen molar-refractivity contribution >= 4 is 11.9 Å². The minimum Gasteiger partial charge on any atom is -0.463 e. The van der Waals surface area contributed by atoms with Gasteiger partial charge in [0.05, 0.1) is 24.7 Å². The lowest BCUT2D eigenvalue weighted by Gasteiger charge is -2.23. The molecule has 5 nitrogen and oxygen atoms in total. The van der Waals surface area contributed by atoms with Crippen LogP contribution in [0.5, 0.6) is 0 Å². The van der Waals surface area contributed by atoms with Crippen molar-refractivity contribution in [2.24, 2.45) is 11.8 Å². The molecule has 2 saturated heterocycles. The van der Waals surface area contributed by atoms with Crippen LogP contribution in [0.2, 0.25) is 0 Å². The lowest BCUT2D eigenvalue weighted by molar-refractivity contribution is -0.157. The van der Waals surface area contributed by atoms with Gasteiger partial charge in [-0.15, -0.1) is 0 Å². The van der Waals surface area contributed by atoms with Gasteiger partial charge in [-0.25, -0.2) is 0 Å². The highest BCUT2D eigenvalue weighted by Gasteiger charge is 2.67. The summed E-state index contributed by atoms with van der Waals surface area (Å²) in [5.41, 5.74) is 1.59. The first-order chi connectivity index (χ1) is 11.9. The van der Waals surface area contributed by atoms with E-state index >= 15 is 0 Å². The van der Waals surface area contributed by atoms with Gasteiger partial charge in [0.2, 0.25) is 5.91 Å². The number of nitrogens with zero attached hydrogens (tertiary/aromatic N) is 1. The number of amides is 1. The number of fused-ring (bicyclic) bond motifs is 1. The van der Waals surface area contributed by atoms with Crippen molar-refractivity contribution in [1.82, 2.24) is 4.90 Å². The molecule has 2 bridgehead atoms. The van der Waals surface area contributed by atoms with E-state index in [0.29, 0.717) is 13.1 Å². The van der Waals surface area contributed by atoms with E-state index in [4.69, 9.17) is 9.47 Å². The Morgan fingerprint density at radius 1 is 1.36 bits per heavy atom. The van der Waals surface area contributed by atoms with Crippen LogP contribution in [0.15, 0.2) is 36.4 Å². The molecule has 0 saturated carbocycles. The third kappa shape index (κ3) is 2.58. The molecule has 5 heteroatoms. The number of aryl methyl sites for hydroxylation is 1. The SMILES string of the molecule is Cc1ccc(CN2C[C@@]34C=C[C@@H](O3)[C@@H](C(=O)OC(C)C)[C@@H]4C2=O)cc1. The number of carbonyl (C=O) groups excluding carboxylic acids is 2. The fourth-order valence-electron chi connectivity index (χ4n) is 4.21. The van der Waals surface area contributed by atoms with Crippen molar-refractivity contribution in [1.29, 1.82) is 0 Å². The Morgan fingerprint density at radius 2 is 2.08 bits per heavy atom. The van der Waals surface area contributed by atoms with E-state index in [1.807, 2.05) is 57.2 Å². The molecule has 1 aromatic carbocycles. The Morgan fingerprint density at radius 3 is 2.76 bits per heavy atom. The van der Waals surface area contributed by atoms with Crippen molar-refractivity contribution in [2.45, 2.75) is 45.1 Å². The van der Waals surface area contributed by atoms with E-state index in [2.05, 4.69) is 0 Å². The maximum atomic E-state index is 13.0. The summed E-state index contributed by atoms with van der Waals surface area (Å²) in [5, 5.41) is 0. The minimum absolute atomic E-state index is 0.0156. The topological polar surface area (TPSA) is 55.8 Å². The number of hydrogen-bond donors (Lipinski definition) is 0. The molecule has 1 amide bonds. The van der Waals surface area contributed by atoms with Gasteiger partial charge in [0.25, 0.3) is 0 Å². The van der Waals surface area contributed by atoms with Crippen molar-refractivity contribution in [3.8, 4) is 0 Å². The van der Waals surface area contributed by atoms with Crippen molar-refractivity contribution in [2.75, 3.05) is 6.54 Å². The van der Waals surface area contributed by atoms with Crippen LogP contribution in [0.1, 0.15) is 25.0 Å². The lowest BCUT2D eigenvalue weighted by atomic mass is 9.77. The summed E-state index contributed by atoms with van der Waals surface area (Å²) >= 11 is 0. The molecule has 0 aromatic heterocycles. The summed E-state index contributed by atoms with van der Waals surface area (Å²) in [5.74, 6) is -1.36. The van der Waals surface area contributed by atoms with Gasteiger partial charge < -0.3 is 14.4 Å². The number of likely N-dealkylation sites (tertiary alicyclic amines) is 1. The number of hydrogen-bond acceptors (Lipinski definition) is 4. The summed E-state index contributed by atoms with van der Waals surface area (Å²) in [6.07, 6.45) is 3.33. The number of carbonyl (C=O) groups is 2. The van der Waals surface area contributed by atoms with E-state index in [1.165, 1.54) is 5.56 Å². The average Bonchev–Trinajstić information content (AvgIpc) is 3.18. The Bertz CT molecular complexity index is 739. The van der Waals surface area contributed by atoms with E-state index in [1.54, 1.807) is 4.90 Å². The van der Waals surface area contributed by atoms with Gasteiger partial charge in [-0.3, -0.25) is 9.59 Å². The van der Waals surface area contributed by atoms with Crippen LogP contribution >= 0.6 is 0 Å². The van der Waals surface area contributed by atoms with Crippen molar-refractivity contribution in [3.63, 3.8) is 0 Å². The molecular formula is C20H23NO4. The maximum Gasteiger partial charge on any atom is 0.313 e. The molecule has 4 atom stereocenters. The molecule has 4 rings (SSSR count). The maximum absolute atomic E-state index is 13.0.